The van der Waals surface area contributed by atoms with Gasteiger partial charge in [0.2, 0.25) is 0 Å². The van der Waals surface area contributed by atoms with Crippen molar-refractivity contribution in [3.63, 3.8) is 0 Å². The number of ether oxygens (including phenoxy) is 1. The number of pyridine rings is 1. The van der Waals surface area contributed by atoms with E-state index in [4.69, 9.17) is 4.74 Å². The molecule has 0 aromatic carbocycles. The molecule has 0 spiro atoms. The lowest BCUT2D eigenvalue weighted by Crippen LogP contribution is -2.18. The van der Waals surface area contributed by atoms with E-state index < -0.39 is 16.0 Å². The molecule has 0 fully saturated rings. The normalized spacial score (nSPS) is 11.1. The summed E-state index contributed by atoms with van der Waals surface area (Å²) in [7, 11) is -4.01. The van der Waals surface area contributed by atoms with Gasteiger partial charge in [-0.2, -0.15) is 13.5 Å². The minimum Gasteiger partial charge on any atom is -0.462 e. The number of nitrogens with zero attached hydrogens (tertiary/aromatic N) is 2. The predicted octanol–water partition coefficient (Wildman–Crippen LogP) is 1.54. The highest BCUT2D eigenvalue weighted by atomic mass is 79.9. The van der Waals surface area contributed by atoms with Crippen LogP contribution in [0.5, 0.6) is 0 Å². The first-order valence-corrected chi connectivity index (χ1v) is 8.06. The summed E-state index contributed by atoms with van der Waals surface area (Å²) in [6, 6.07) is 1.47. The SMILES string of the molecule is CCOC(=O)c1cn[nH]c1S(=O)(=O)Nc1ccncc1Br. The van der Waals surface area contributed by atoms with Crippen LogP contribution in [0.4, 0.5) is 5.69 Å². The summed E-state index contributed by atoms with van der Waals surface area (Å²) in [5.41, 5.74) is 0.129. The van der Waals surface area contributed by atoms with E-state index in [1.807, 2.05) is 0 Å². The summed E-state index contributed by atoms with van der Waals surface area (Å²) < 4.78 is 32.2. The molecule has 0 saturated carbocycles. The van der Waals surface area contributed by atoms with E-state index in [2.05, 4.69) is 35.8 Å². The second kappa shape index (κ2) is 6.22. The molecule has 2 N–H and O–H groups in total. The molecule has 0 amide bonds. The van der Waals surface area contributed by atoms with Crippen molar-refractivity contribution in [2.24, 2.45) is 0 Å². The van der Waals surface area contributed by atoms with Crippen LogP contribution in [0.15, 0.2) is 34.2 Å². The van der Waals surface area contributed by atoms with E-state index in [0.717, 1.165) is 6.20 Å². The molecule has 0 unspecified atom stereocenters. The van der Waals surface area contributed by atoms with Gasteiger partial charge in [0, 0.05) is 12.4 Å². The number of halogens is 1. The van der Waals surface area contributed by atoms with Crippen molar-refractivity contribution < 1.29 is 17.9 Å². The quantitative estimate of drug-likeness (QED) is 0.767. The molecule has 0 bridgehead atoms. The van der Waals surface area contributed by atoms with Crippen LogP contribution in [0.25, 0.3) is 0 Å². The third-order valence-corrected chi connectivity index (χ3v) is 4.35. The minimum absolute atomic E-state index is 0.132. The van der Waals surface area contributed by atoms with Crippen molar-refractivity contribution in [3.8, 4) is 0 Å². The van der Waals surface area contributed by atoms with Gasteiger partial charge in [0.1, 0.15) is 5.56 Å². The smallest absolute Gasteiger partial charge is 0.342 e. The molecule has 0 aliphatic rings. The third-order valence-electron chi connectivity index (χ3n) is 2.39. The summed E-state index contributed by atoms with van der Waals surface area (Å²) in [5, 5.41) is 5.52. The van der Waals surface area contributed by atoms with Gasteiger partial charge in [-0.1, -0.05) is 0 Å². The minimum atomic E-state index is -4.01. The van der Waals surface area contributed by atoms with Crippen molar-refractivity contribution in [1.29, 1.82) is 0 Å². The van der Waals surface area contributed by atoms with Crippen LogP contribution in [0.2, 0.25) is 0 Å². The number of carbonyl (C=O) groups excluding carboxylic acids is 1. The Balaban J connectivity index is 2.35. The van der Waals surface area contributed by atoms with Gasteiger partial charge in [-0.05, 0) is 28.9 Å². The Kier molecular flexibility index (Phi) is 4.58. The maximum Gasteiger partial charge on any atom is 0.342 e. The monoisotopic (exact) mass is 374 g/mol. The number of hydrogen-bond donors (Lipinski definition) is 2. The van der Waals surface area contributed by atoms with Crippen LogP contribution < -0.4 is 4.72 Å². The van der Waals surface area contributed by atoms with Crippen molar-refractivity contribution in [1.82, 2.24) is 15.2 Å². The maximum atomic E-state index is 12.3. The molecule has 2 heterocycles. The lowest BCUT2D eigenvalue weighted by molar-refractivity contribution is 0.0522. The molecular formula is C11H11BrN4O4S. The molecule has 0 saturated heterocycles. The number of nitrogens with one attached hydrogen (secondary N) is 2. The molecule has 0 radical (unpaired) electrons. The molecule has 0 atom stereocenters. The van der Waals surface area contributed by atoms with Gasteiger partial charge in [-0.25, -0.2) is 4.79 Å². The first kappa shape index (κ1) is 15.4. The van der Waals surface area contributed by atoms with Crippen LogP contribution in [-0.4, -0.2) is 36.2 Å². The maximum absolute atomic E-state index is 12.3. The molecule has 8 nitrogen and oxygen atoms in total. The Labute approximate surface area is 129 Å². The topological polar surface area (TPSA) is 114 Å². The average Bonchev–Trinajstić information content (AvgIpc) is 2.92. The molecule has 10 heteroatoms. The second-order valence-corrected chi connectivity index (χ2v) is 6.27. The molecular weight excluding hydrogens is 364 g/mol. The first-order valence-electron chi connectivity index (χ1n) is 5.78. The zero-order valence-corrected chi connectivity index (χ0v) is 13.2. The van der Waals surface area contributed by atoms with Crippen LogP contribution >= 0.6 is 15.9 Å². The fourth-order valence-electron chi connectivity index (χ4n) is 1.49. The lowest BCUT2D eigenvalue weighted by atomic mass is 10.4. The van der Waals surface area contributed by atoms with E-state index in [1.54, 1.807) is 6.92 Å². The molecule has 2 rings (SSSR count). The van der Waals surface area contributed by atoms with Gasteiger partial charge < -0.3 is 4.74 Å². The fraction of sp³-hybridized carbons (Fsp3) is 0.182. The highest BCUT2D eigenvalue weighted by Crippen LogP contribution is 2.24. The summed E-state index contributed by atoms with van der Waals surface area (Å²) in [5.74, 6) is -0.764. The first-order chi connectivity index (χ1) is 9.95. The standard InChI is InChI=1S/C11H11BrN4O4S/c1-2-20-11(17)7-5-14-15-10(7)21(18,19)16-9-3-4-13-6-8(9)12/h3-6H,2H2,1H3,(H,13,16)(H,14,15). The van der Waals surface area contributed by atoms with Gasteiger partial charge in [0.05, 0.1) is 23.0 Å². The van der Waals surface area contributed by atoms with Gasteiger partial charge >= 0.3 is 5.97 Å². The summed E-state index contributed by atoms with van der Waals surface area (Å²) >= 11 is 3.18. The Hall–Kier alpha value is -1.94. The number of H-pyrrole nitrogens is 1. The van der Waals surface area contributed by atoms with Gasteiger partial charge in [0.25, 0.3) is 10.0 Å². The van der Waals surface area contributed by atoms with Crippen molar-refractivity contribution in [2.45, 2.75) is 11.9 Å². The number of hydrogen-bond acceptors (Lipinski definition) is 6. The third kappa shape index (κ3) is 3.39. The molecule has 2 aromatic rings. The van der Waals surface area contributed by atoms with E-state index >= 15 is 0 Å². The van der Waals surface area contributed by atoms with E-state index in [0.29, 0.717) is 4.47 Å². The Morgan fingerprint density at radius 1 is 1.48 bits per heavy atom. The Morgan fingerprint density at radius 2 is 2.24 bits per heavy atom. The predicted molar refractivity (Wildman–Crippen MR) is 77.3 cm³/mol. The summed E-state index contributed by atoms with van der Waals surface area (Å²) in [6.07, 6.45) is 3.98. The van der Waals surface area contributed by atoms with E-state index in [9.17, 15) is 13.2 Å². The highest BCUT2D eigenvalue weighted by Gasteiger charge is 2.26. The van der Waals surface area contributed by atoms with Crippen molar-refractivity contribution >= 4 is 37.6 Å². The molecule has 21 heavy (non-hydrogen) atoms. The highest BCUT2D eigenvalue weighted by molar-refractivity contribution is 9.10. The van der Waals surface area contributed by atoms with E-state index in [-0.39, 0.29) is 22.9 Å². The largest absolute Gasteiger partial charge is 0.462 e. The van der Waals surface area contributed by atoms with E-state index in [1.165, 1.54) is 18.5 Å². The number of anilines is 1. The molecule has 0 aliphatic carbocycles. The Morgan fingerprint density at radius 3 is 2.90 bits per heavy atom. The number of esters is 1. The Bertz CT molecular complexity index is 759. The zero-order chi connectivity index (χ0) is 15.5. The summed E-state index contributed by atoms with van der Waals surface area (Å²) in [6.45, 7) is 1.76. The molecule has 2 aromatic heterocycles. The second-order valence-electron chi connectivity index (χ2n) is 3.79. The summed E-state index contributed by atoms with van der Waals surface area (Å²) in [4.78, 5) is 15.5. The van der Waals surface area contributed by atoms with Gasteiger partial charge in [-0.15, -0.1) is 0 Å². The number of sulfonamides is 1. The van der Waals surface area contributed by atoms with Gasteiger partial charge in [0.15, 0.2) is 5.03 Å². The number of carbonyl (C=O) groups is 1. The lowest BCUT2D eigenvalue weighted by Gasteiger charge is -2.09. The number of aromatic nitrogens is 3. The van der Waals surface area contributed by atoms with Crippen LogP contribution in [0.3, 0.4) is 0 Å². The van der Waals surface area contributed by atoms with Crippen molar-refractivity contribution in [2.75, 3.05) is 11.3 Å². The number of aromatic amines is 1. The van der Waals surface area contributed by atoms with Crippen molar-refractivity contribution in [3.05, 3.63) is 34.7 Å². The molecule has 0 aliphatic heterocycles. The molecule has 112 valence electrons. The zero-order valence-electron chi connectivity index (χ0n) is 10.8. The average molecular weight is 375 g/mol. The van der Waals surface area contributed by atoms with Gasteiger partial charge in [-0.3, -0.25) is 14.8 Å². The van der Waals surface area contributed by atoms with Crippen LogP contribution in [0.1, 0.15) is 17.3 Å². The van der Waals surface area contributed by atoms with Crippen LogP contribution in [-0.2, 0) is 14.8 Å². The fourth-order valence-corrected chi connectivity index (χ4v) is 3.14. The number of rotatable bonds is 5. The van der Waals surface area contributed by atoms with Crippen LogP contribution in [0, 0.1) is 0 Å².